The maximum atomic E-state index is 12.6. The third kappa shape index (κ3) is 1.85. The summed E-state index contributed by atoms with van der Waals surface area (Å²) in [4.78, 5) is 10.5. The lowest BCUT2D eigenvalue weighted by Gasteiger charge is -1.95. The predicted octanol–water partition coefficient (Wildman–Crippen LogP) is 0.579. The molecule has 1 aromatic carbocycles. The molecule has 1 aromatic heterocycles. The number of nitrogens with one attached hydrogen (secondary N) is 1. The molecule has 1 N–H and O–H groups in total. The van der Waals surface area contributed by atoms with Crippen LogP contribution in [0, 0.1) is 5.82 Å². The first-order valence-electron chi connectivity index (χ1n) is 4.19. The highest BCUT2D eigenvalue weighted by Gasteiger charge is 2.04. The Morgan fingerprint density at radius 3 is 2.53 bits per heavy atom. The van der Waals surface area contributed by atoms with Crippen molar-refractivity contribution in [3.63, 3.8) is 0 Å². The van der Waals surface area contributed by atoms with Crippen molar-refractivity contribution in [2.24, 2.45) is 0 Å². The van der Waals surface area contributed by atoms with E-state index in [0.717, 1.165) is 0 Å². The summed E-state index contributed by atoms with van der Waals surface area (Å²) in [6, 6.07) is 6.93. The van der Waals surface area contributed by atoms with Crippen LogP contribution in [0.1, 0.15) is 10.5 Å². The number of carbonyl (C=O) groups excluding carboxylic acids is 1. The number of H-pyrrole nitrogens is 1. The molecule has 0 saturated carbocycles. The minimum atomic E-state index is -1.32. The molecule has 0 atom stereocenters. The number of carboxylic acid groups (broad SMARTS) is 1. The maximum Gasteiger partial charge on any atom is 0.123 e. The smallest absolute Gasteiger partial charge is 0.123 e. The summed E-state index contributed by atoms with van der Waals surface area (Å²) < 4.78 is 12.6. The van der Waals surface area contributed by atoms with Crippen LogP contribution in [0.3, 0.4) is 0 Å². The molecule has 2 aromatic rings. The lowest BCUT2D eigenvalue weighted by Crippen LogP contribution is -2.22. The number of aromatic carboxylic acids is 1. The molecule has 0 unspecified atom stereocenters. The number of halogens is 1. The third-order valence-electron chi connectivity index (χ3n) is 1.94. The van der Waals surface area contributed by atoms with E-state index in [-0.39, 0.29) is 11.5 Å². The molecule has 0 amide bonds. The van der Waals surface area contributed by atoms with Gasteiger partial charge in [-0.25, -0.2) is 4.39 Å². The molecule has 76 valence electrons. The lowest BCUT2D eigenvalue weighted by molar-refractivity contribution is -0.255. The Morgan fingerprint density at radius 2 is 2.00 bits per heavy atom. The van der Waals surface area contributed by atoms with E-state index in [2.05, 4.69) is 10.2 Å². The molecular weight excluding hydrogens is 199 g/mol. The molecule has 0 aliphatic rings. The molecule has 0 bridgehead atoms. The summed E-state index contributed by atoms with van der Waals surface area (Å²) in [6.45, 7) is 0. The van der Waals surface area contributed by atoms with Gasteiger partial charge in [0.05, 0.1) is 17.4 Å². The quantitative estimate of drug-likeness (QED) is 0.779. The molecule has 0 aliphatic carbocycles. The number of benzene rings is 1. The van der Waals surface area contributed by atoms with Gasteiger partial charge >= 0.3 is 0 Å². The summed E-state index contributed by atoms with van der Waals surface area (Å²) in [5.74, 6) is -1.68. The average Bonchev–Trinajstić information content (AvgIpc) is 2.68. The first kappa shape index (κ1) is 9.39. The van der Waals surface area contributed by atoms with E-state index >= 15 is 0 Å². The highest BCUT2D eigenvalue weighted by atomic mass is 19.1. The summed E-state index contributed by atoms with van der Waals surface area (Å²) in [7, 11) is 0. The van der Waals surface area contributed by atoms with Gasteiger partial charge in [-0.3, -0.25) is 5.10 Å². The predicted molar refractivity (Wildman–Crippen MR) is 48.3 cm³/mol. The molecule has 0 saturated heterocycles. The fraction of sp³-hybridized carbons (Fsp3) is 0. The first-order chi connectivity index (χ1) is 7.16. The molecule has 0 fully saturated rings. The fourth-order valence-electron chi connectivity index (χ4n) is 1.19. The van der Waals surface area contributed by atoms with Crippen molar-refractivity contribution < 1.29 is 14.3 Å². The molecule has 2 rings (SSSR count). The number of rotatable bonds is 2. The fourth-order valence-corrected chi connectivity index (χ4v) is 1.19. The van der Waals surface area contributed by atoms with Crippen LogP contribution < -0.4 is 5.11 Å². The Hall–Kier alpha value is -2.17. The van der Waals surface area contributed by atoms with Crippen molar-refractivity contribution in [2.75, 3.05) is 0 Å². The van der Waals surface area contributed by atoms with Crippen molar-refractivity contribution in [1.82, 2.24) is 10.2 Å². The van der Waals surface area contributed by atoms with E-state index in [1.54, 1.807) is 0 Å². The van der Waals surface area contributed by atoms with Crippen molar-refractivity contribution >= 4 is 5.97 Å². The number of aromatic nitrogens is 2. The zero-order chi connectivity index (χ0) is 10.8. The number of carboxylic acids is 1. The van der Waals surface area contributed by atoms with Crippen LogP contribution in [0.4, 0.5) is 4.39 Å². The van der Waals surface area contributed by atoms with Crippen molar-refractivity contribution in [3.8, 4) is 11.3 Å². The van der Waals surface area contributed by atoms with Crippen molar-refractivity contribution in [1.29, 1.82) is 0 Å². The Bertz CT molecular complexity index is 490. The highest BCUT2D eigenvalue weighted by Crippen LogP contribution is 2.17. The summed E-state index contributed by atoms with van der Waals surface area (Å²) >= 11 is 0. The van der Waals surface area contributed by atoms with Gasteiger partial charge < -0.3 is 9.90 Å². The van der Waals surface area contributed by atoms with Gasteiger partial charge in [0.1, 0.15) is 5.82 Å². The van der Waals surface area contributed by atoms with Gasteiger partial charge in [-0.1, -0.05) is 0 Å². The number of nitrogens with zero attached hydrogens (tertiary/aromatic N) is 1. The van der Waals surface area contributed by atoms with Gasteiger partial charge in [-0.15, -0.1) is 0 Å². The third-order valence-corrected chi connectivity index (χ3v) is 1.94. The van der Waals surface area contributed by atoms with Gasteiger partial charge in [0.25, 0.3) is 0 Å². The number of hydrogen-bond donors (Lipinski definition) is 1. The van der Waals surface area contributed by atoms with Gasteiger partial charge in [0, 0.05) is 5.56 Å². The van der Waals surface area contributed by atoms with Crippen LogP contribution >= 0.6 is 0 Å². The molecular formula is C10H6FN2O2-. The normalized spacial score (nSPS) is 10.2. The van der Waals surface area contributed by atoms with Crippen LogP contribution in [0.5, 0.6) is 0 Å². The molecule has 5 heteroatoms. The topological polar surface area (TPSA) is 68.8 Å². The minimum absolute atomic E-state index is 0.102. The maximum absolute atomic E-state index is 12.6. The van der Waals surface area contributed by atoms with E-state index in [0.29, 0.717) is 11.3 Å². The van der Waals surface area contributed by atoms with Crippen molar-refractivity contribution in [3.05, 3.63) is 41.8 Å². The molecule has 15 heavy (non-hydrogen) atoms. The molecule has 4 nitrogen and oxygen atoms in total. The highest BCUT2D eigenvalue weighted by molar-refractivity contribution is 5.85. The van der Waals surface area contributed by atoms with Crippen LogP contribution in [-0.2, 0) is 0 Å². The van der Waals surface area contributed by atoms with Crippen LogP contribution in [0.15, 0.2) is 30.3 Å². The van der Waals surface area contributed by atoms with E-state index in [9.17, 15) is 14.3 Å². The SMILES string of the molecule is O=C([O-])c1cc(-c2ccc(F)cc2)n[nH]1. The largest absolute Gasteiger partial charge is 0.543 e. The Morgan fingerprint density at radius 1 is 1.33 bits per heavy atom. The standard InChI is InChI=1S/C10H7FN2O2/c11-7-3-1-6(2-4-7)8-5-9(10(14)15)13-12-8/h1-5H,(H,12,13)(H,14,15)/p-1. The van der Waals surface area contributed by atoms with E-state index < -0.39 is 5.97 Å². The molecule has 0 aliphatic heterocycles. The van der Waals surface area contributed by atoms with Crippen LogP contribution in [0.25, 0.3) is 11.3 Å². The zero-order valence-electron chi connectivity index (χ0n) is 7.53. The molecule has 0 radical (unpaired) electrons. The number of aromatic amines is 1. The van der Waals surface area contributed by atoms with Gasteiger partial charge in [-0.05, 0) is 30.3 Å². The van der Waals surface area contributed by atoms with E-state index in [1.807, 2.05) is 0 Å². The van der Waals surface area contributed by atoms with Gasteiger partial charge in [0.2, 0.25) is 0 Å². The number of hydrogen-bond acceptors (Lipinski definition) is 3. The van der Waals surface area contributed by atoms with Gasteiger partial charge in [-0.2, -0.15) is 5.10 Å². The molecule has 1 heterocycles. The van der Waals surface area contributed by atoms with E-state index in [4.69, 9.17) is 0 Å². The van der Waals surface area contributed by atoms with Crippen molar-refractivity contribution in [2.45, 2.75) is 0 Å². The lowest BCUT2D eigenvalue weighted by atomic mass is 10.1. The van der Waals surface area contributed by atoms with Gasteiger partial charge in [0.15, 0.2) is 0 Å². The molecule has 0 spiro atoms. The van der Waals surface area contributed by atoms with Crippen LogP contribution in [-0.4, -0.2) is 16.2 Å². The van der Waals surface area contributed by atoms with E-state index in [1.165, 1.54) is 30.3 Å². The second kappa shape index (κ2) is 3.53. The Labute approximate surface area is 84.4 Å². The monoisotopic (exact) mass is 205 g/mol. The Kier molecular flexibility index (Phi) is 2.21. The second-order valence-corrected chi connectivity index (χ2v) is 2.96. The summed E-state index contributed by atoms with van der Waals surface area (Å²) in [5, 5.41) is 16.5. The Balaban J connectivity index is 2.37. The summed E-state index contributed by atoms with van der Waals surface area (Å²) in [5.41, 5.74) is 0.976. The second-order valence-electron chi connectivity index (χ2n) is 2.96. The zero-order valence-corrected chi connectivity index (χ0v) is 7.53. The van der Waals surface area contributed by atoms with Crippen LogP contribution in [0.2, 0.25) is 0 Å². The number of carbonyl (C=O) groups is 1. The first-order valence-corrected chi connectivity index (χ1v) is 4.19. The summed E-state index contributed by atoms with van der Waals surface area (Å²) in [6.07, 6.45) is 0. The average molecular weight is 205 g/mol. The minimum Gasteiger partial charge on any atom is -0.543 e.